The zero-order chi connectivity index (χ0) is 24.6. The lowest BCUT2D eigenvalue weighted by Gasteiger charge is -2.06. The van der Waals surface area contributed by atoms with Gasteiger partial charge in [-0.25, -0.2) is 18.1 Å². The molecule has 9 nitrogen and oxygen atoms in total. The summed E-state index contributed by atoms with van der Waals surface area (Å²) in [4.78, 5) is 30.8. The monoisotopic (exact) mass is 538 g/mol. The highest BCUT2D eigenvalue weighted by molar-refractivity contribution is 7.92. The molecule has 4 rings (SSSR count). The number of nitrogens with zero attached hydrogens (tertiary/aromatic N) is 1. The van der Waals surface area contributed by atoms with Crippen LogP contribution in [0.1, 0.15) is 23.1 Å². The van der Waals surface area contributed by atoms with Crippen molar-refractivity contribution in [3.8, 4) is 11.5 Å². The molecule has 2 aromatic heterocycles. The van der Waals surface area contributed by atoms with Crippen LogP contribution < -0.4 is 14.8 Å². The van der Waals surface area contributed by atoms with Crippen LogP contribution in [0.25, 0.3) is 10.9 Å². The van der Waals surface area contributed by atoms with E-state index in [1.807, 2.05) is 4.72 Å². The predicted molar refractivity (Wildman–Crippen MR) is 131 cm³/mol. The minimum atomic E-state index is -4.21. The number of aromatic amines is 1. The normalized spacial score (nSPS) is 11.4. The number of carbonyl (C=O) groups is 2. The molecule has 2 aromatic carbocycles. The number of hydrogen-bond donors (Lipinski definition) is 3. The van der Waals surface area contributed by atoms with E-state index >= 15 is 0 Å². The zero-order valence-electron chi connectivity index (χ0n) is 17.6. The summed E-state index contributed by atoms with van der Waals surface area (Å²) in [5.41, 5.74) is 0.801. The van der Waals surface area contributed by atoms with Crippen molar-refractivity contribution in [3.63, 3.8) is 0 Å². The average molecular weight is 539 g/mol. The summed E-state index contributed by atoms with van der Waals surface area (Å²) in [6.45, 7) is 2.75. The number of fused-ring (bicyclic) bond motifs is 1. The number of carbonyl (C=O) groups excluding carboxylic acids is 2. The second kappa shape index (κ2) is 9.26. The van der Waals surface area contributed by atoms with E-state index in [2.05, 4.69) is 15.3 Å². The molecule has 2 heterocycles. The summed E-state index contributed by atoms with van der Waals surface area (Å²) in [6, 6.07) is 11.4. The van der Waals surface area contributed by atoms with Gasteiger partial charge in [0, 0.05) is 23.9 Å². The zero-order valence-corrected chi connectivity index (χ0v) is 20.7. The van der Waals surface area contributed by atoms with Gasteiger partial charge in [-0.05, 0) is 43.3 Å². The maximum Gasteiger partial charge on any atom is 0.281 e. The van der Waals surface area contributed by atoms with E-state index in [0.717, 1.165) is 11.3 Å². The third-order valence-corrected chi connectivity index (χ3v) is 8.22. The molecule has 0 aliphatic heterocycles. The van der Waals surface area contributed by atoms with Crippen LogP contribution in [0.5, 0.6) is 11.5 Å². The van der Waals surface area contributed by atoms with Crippen LogP contribution in [-0.2, 0) is 14.8 Å². The summed E-state index contributed by atoms with van der Waals surface area (Å²) >= 11 is 12.7. The number of hydrogen-bond acceptors (Lipinski definition) is 7. The van der Waals surface area contributed by atoms with Gasteiger partial charge in [0.1, 0.15) is 17.2 Å². The number of thiazole rings is 1. The van der Waals surface area contributed by atoms with Crippen LogP contribution in [0.4, 0.5) is 5.13 Å². The third kappa shape index (κ3) is 5.17. The van der Waals surface area contributed by atoms with Gasteiger partial charge in [0.05, 0.1) is 15.7 Å². The Balaban J connectivity index is 1.54. The van der Waals surface area contributed by atoms with Crippen molar-refractivity contribution in [1.82, 2.24) is 14.7 Å². The van der Waals surface area contributed by atoms with Gasteiger partial charge in [-0.15, -0.1) is 0 Å². The first kappa shape index (κ1) is 24.0. The topological polar surface area (TPSA) is 130 Å². The highest BCUT2D eigenvalue weighted by Crippen LogP contribution is 2.31. The molecule has 0 aliphatic rings. The van der Waals surface area contributed by atoms with Gasteiger partial charge < -0.3 is 15.0 Å². The number of nitrogens with one attached hydrogen (secondary N) is 3. The summed E-state index contributed by atoms with van der Waals surface area (Å²) in [7, 11) is -4.21. The lowest BCUT2D eigenvalue weighted by Crippen LogP contribution is -2.30. The van der Waals surface area contributed by atoms with E-state index in [9.17, 15) is 18.0 Å². The molecule has 3 N–H and O–H groups in total. The van der Waals surface area contributed by atoms with Gasteiger partial charge in [0.2, 0.25) is 5.91 Å². The number of sulfonamides is 1. The highest BCUT2D eigenvalue weighted by atomic mass is 35.5. The number of ether oxygens (including phenoxy) is 1. The number of aromatic nitrogens is 2. The molecule has 0 atom stereocenters. The fraction of sp³-hybridized carbons (Fsp3) is 0.0952. The van der Waals surface area contributed by atoms with Crippen molar-refractivity contribution in [2.45, 2.75) is 18.1 Å². The Labute approximate surface area is 208 Å². The van der Waals surface area contributed by atoms with Crippen molar-refractivity contribution in [2.75, 3.05) is 5.32 Å². The minimum absolute atomic E-state index is 0.0366. The van der Waals surface area contributed by atoms with Gasteiger partial charge in [-0.3, -0.25) is 9.59 Å². The van der Waals surface area contributed by atoms with Crippen LogP contribution in [0, 0.1) is 6.92 Å². The third-order valence-electron chi connectivity index (χ3n) is 4.47. The van der Waals surface area contributed by atoms with Crippen LogP contribution in [0.3, 0.4) is 0 Å². The van der Waals surface area contributed by atoms with Gasteiger partial charge in [0.15, 0.2) is 9.34 Å². The van der Waals surface area contributed by atoms with Crippen molar-refractivity contribution >= 4 is 72.4 Å². The Morgan fingerprint density at radius 2 is 1.76 bits per heavy atom. The van der Waals surface area contributed by atoms with E-state index in [-0.39, 0.29) is 26.6 Å². The molecule has 0 saturated heterocycles. The smallest absolute Gasteiger partial charge is 0.281 e. The lowest BCUT2D eigenvalue weighted by molar-refractivity contribution is -0.114. The Hall–Kier alpha value is -3.12. The Morgan fingerprint density at radius 1 is 1.06 bits per heavy atom. The molecule has 34 heavy (non-hydrogen) atoms. The summed E-state index contributed by atoms with van der Waals surface area (Å²) < 4.78 is 33.1. The molecule has 0 spiro atoms. The number of H-pyrrole nitrogens is 1. The molecule has 176 valence electrons. The van der Waals surface area contributed by atoms with Crippen molar-refractivity contribution < 1.29 is 22.7 Å². The second-order valence-corrected chi connectivity index (χ2v) is 10.8. The second-order valence-electron chi connectivity index (χ2n) is 7.12. The van der Waals surface area contributed by atoms with Crippen LogP contribution in [0.2, 0.25) is 10.0 Å². The van der Waals surface area contributed by atoms with E-state index in [4.69, 9.17) is 27.9 Å². The van der Waals surface area contributed by atoms with E-state index < -0.39 is 15.9 Å². The maximum atomic E-state index is 12.7. The first-order valence-electron chi connectivity index (χ1n) is 9.59. The minimum Gasteiger partial charge on any atom is -0.457 e. The fourth-order valence-corrected chi connectivity index (χ4v) is 5.75. The number of benzene rings is 2. The number of anilines is 1. The Morgan fingerprint density at radius 3 is 2.47 bits per heavy atom. The molecule has 0 fully saturated rings. The molecular formula is C21H16Cl2N4O5S2. The van der Waals surface area contributed by atoms with Crippen LogP contribution >= 0.6 is 34.5 Å². The lowest BCUT2D eigenvalue weighted by atomic mass is 10.2. The van der Waals surface area contributed by atoms with E-state index in [1.165, 1.54) is 19.9 Å². The molecule has 4 aromatic rings. The van der Waals surface area contributed by atoms with Gasteiger partial charge in [0.25, 0.3) is 15.9 Å². The average Bonchev–Trinajstić information content (AvgIpc) is 3.33. The number of rotatable bonds is 6. The van der Waals surface area contributed by atoms with Crippen molar-refractivity contribution in [2.24, 2.45) is 0 Å². The fourth-order valence-electron chi connectivity index (χ4n) is 3.03. The number of amides is 2. The number of halogens is 2. The van der Waals surface area contributed by atoms with Crippen molar-refractivity contribution in [1.29, 1.82) is 0 Å². The largest absolute Gasteiger partial charge is 0.457 e. The van der Waals surface area contributed by atoms with E-state index in [1.54, 1.807) is 36.4 Å². The summed E-state index contributed by atoms with van der Waals surface area (Å²) in [6.07, 6.45) is 0. The molecular weight excluding hydrogens is 523 g/mol. The molecule has 0 saturated carbocycles. The maximum absolute atomic E-state index is 12.7. The Kier molecular flexibility index (Phi) is 6.54. The molecule has 0 aliphatic carbocycles. The first-order valence-corrected chi connectivity index (χ1v) is 12.7. The van der Waals surface area contributed by atoms with Crippen molar-refractivity contribution in [3.05, 3.63) is 63.9 Å². The molecule has 13 heteroatoms. The standard InChI is InChI=1S/C21H16Cl2N4O5S2/c1-10-20(33-21(24-10)25-11(2)28)34(30,31)27-19(29)18-8-12-7-13(4-6-17(12)26-18)32-14-3-5-15(22)16(23)9-14/h3-9,26H,1-2H3,(H,27,29)(H,24,25,28). The highest BCUT2D eigenvalue weighted by Gasteiger charge is 2.25. The van der Waals surface area contributed by atoms with Gasteiger partial charge in [-0.2, -0.15) is 0 Å². The number of aryl methyl sites for hydroxylation is 1. The van der Waals surface area contributed by atoms with E-state index in [0.29, 0.717) is 32.4 Å². The summed E-state index contributed by atoms with van der Waals surface area (Å²) in [5, 5.41) is 3.93. The molecule has 2 amide bonds. The summed E-state index contributed by atoms with van der Waals surface area (Å²) in [5.74, 6) is -0.276. The molecule has 0 radical (unpaired) electrons. The first-order chi connectivity index (χ1) is 16.0. The molecule has 0 bridgehead atoms. The van der Waals surface area contributed by atoms with Gasteiger partial charge >= 0.3 is 0 Å². The molecule has 0 unspecified atom stereocenters. The predicted octanol–water partition coefficient (Wildman–Crippen LogP) is 5.11. The van der Waals surface area contributed by atoms with Crippen LogP contribution in [-0.4, -0.2) is 30.2 Å². The Bertz CT molecular complexity index is 1550. The van der Waals surface area contributed by atoms with Crippen LogP contribution in [0.15, 0.2) is 46.7 Å². The SMILES string of the molecule is CC(=O)Nc1nc(C)c(S(=O)(=O)NC(=O)c2cc3cc(Oc4ccc(Cl)c(Cl)c4)ccc3[nH]2)s1. The van der Waals surface area contributed by atoms with Gasteiger partial charge in [-0.1, -0.05) is 34.5 Å². The quantitative estimate of drug-likeness (QED) is 0.312.